The van der Waals surface area contributed by atoms with E-state index in [0.717, 1.165) is 31.1 Å². The molecule has 34 heavy (non-hydrogen) atoms. The summed E-state index contributed by atoms with van der Waals surface area (Å²) in [6.07, 6.45) is 14.2. The van der Waals surface area contributed by atoms with Crippen molar-refractivity contribution < 1.29 is 14.6 Å². The SMILES string of the molecule is COC(=O)[C@@](C)(O)[C@H]1CC[C@]2(C)[C@H]3CC[C@@H]4[C@@]5(C)CCCC(C)(C)[C@H]5CC[C@@]4(C)[C@]3(C)CC[C@@H]12. The van der Waals surface area contributed by atoms with Gasteiger partial charge >= 0.3 is 5.97 Å². The zero-order valence-electron chi connectivity index (χ0n) is 23.4. The Hall–Kier alpha value is -0.570. The van der Waals surface area contributed by atoms with Crippen molar-refractivity contribution in [2.45, 2.75) is 125 Å². The number of carbonyl (C=O) groups excluding carboxylic acids is 1. The van der Waals surface area contributed by atoms with Gasteiger partial charge in [-0.1, -0.05) is 48.0 Å². The van der Waals surface area contributed by atoms with Crippen molar-refractivity contribution in [3.8, 4) is 0 Å². The molecule has 0 heterocycles. The molecule has 3 heteroatoms. The van der Waals surface area contributed by atoms with Gasteiger partial charge in [-0.3, -0.25) is 0 Å². The molecule has 0 radical (unpaired) electrons. The molecule has 0 amide bonds. The number of carbonyl (C=O) groups is 1. The summed E-state index contributed by atoms with van der Waals surface area (Å²) >= 11 is 0. The Labute approximate surface area is 209 Å². The number of rotatable bonds is 2. The van der Waals surface area contributed by atoms with Crippen LogP contribution in [0.4, 0.5) is 0 Å². The number of ether oxygens (including phenoxy) is 1. The molecule has 0 bridgehead atoms. The lowest BCUT2D eigenvalue weighted by molar-refractivity contribution is -0.243. The van der Waals surface area contributed by atoms with Crippen LogP contribution in [-0.4, -0.2) is 23.8 Å². The van der Waals surface area contributed by atoms with Gasteiger partial charge in [0.05, 0.1) is 7.11 Å². The first-order valence-electron chi connectivity index (χ1n) is 14.5. The lowest BCUT2D eigenvalue weighted by atomic mass is 9.32. The number of hydrogen-bond acceptors (Lipinski definition) is 3. The van der Waals surface area contributed by atoms with Crippen molar-refractivity contribution in [1.82, 2.24) is 0 Å². The van der Waals surface area contributed by atoms with Gasteiger partial charge in [-0.05, 0) is 122 Å². The predicted molar refractivity (Wildman–Crippen MR) is 137 cm³/mol. The second-order valence-corrected chi connectivity index (χ2v) is 15.4. The maximum absolute atomic E-state index is 12.5. The summed E-state index contributed by atoms with van der Waals surface area (Å²) in [5, 5.41) is 11.3. The van der Waals surface area contributed by atoms with Crippen LogP contribution >= 0.6 is 0 Å². The molecule has 5 aliphatic rings. The first kappa shape index (κ1) is 25.1. The molecule has 10 atom stereocenters. The average molecular weight is 473 g/mol. The van der Waals surface area contributed by atoms with Gasteiger partial charge < -0.3 is 9.84 Å². The highest BCUT2D eigenvalue weighted by atomic mass is 16.5. The highest BCUT2D eigenvalue weighted by Crippen LogP contribution is 2.78. The third-order valence-corrected chi connectivity index (χ3v) is 14.0. The van der Waals surface area contributed by atoms with E-state index < -0.39 is 11.6 Å². The Morgan fingerprint density at radius 3 is 1.97 bits per heavy atom. The van der Waals surface area contributed by atoms with Crippen LogP contribution in [0.3, 0.4) is 0 Å². The van der Waals surface area contributed by atoms with Crippen molar-refractivity contribution in [3.05, 3.63) is 0 Å². The van der Waals surface area contributed by atoms with Crippen LogP contribution < -0.4 is 0 Å². The second kappa shape index (κ2) is 7.48. The molecule has 5 saturated carbocycles. The van der Waals surface area contributed by atoms with Gasteiger partial charge in [0.25, 0.3) is 0 Å². The van der Waals surface area contributed by atoms with E-state index in [1.165, 1.54) is 58.5 Å². The van der Waals surface area contributed by atoms with Crippen LogP contribution in [0.25, 0.3) is 0 Å². The van der Waals surface area contributed by atoms with E-state index in [0.29, 0.717) is 33.5 Å². The standard InChI is InChI=1S/C31H52O3/c1-26(2)15-9-16-28(4)22(26)14-19-30(6)24(28)11-10-23-27(3)17-12-21(31(7,33)25(32)34-8)20(27)13-18-29(23,30)5/h20-24,33H,9-19H2,1-8H3/t20-,21-,22+,23+,24+,27-,28-,29+,30+,31-/m0/s1. The molecule has 0 aliphatic heterocycles. The zero-order valence-corrected chi connectivity index (χ0v) is 23.4. The van der Waals surface area contributed by atoms with E-state index in [2.05, 4.69) is 41.5 Å². The van der Waals surface area contributed by atoms with Crippen molar-refractivity contribution in [3.63, 3.8) is 0 Å². The Morgan fingerprint density at radius 2 is 1.35 bits per heavy atom. The topological polar surface area (TPSA) is 46.5 Å². The molecule has 0 aromatic carbocycles. The van der Waals surface area contributed by atoms with Gasteiger partial charge in [0.15, 0.2) is 5.60 Å². The first-order valence-corrected chi connectivity index (χ1v) is 14.5. The normalized spacial score (nSPS) is 53.5. The fraction of sp³-hybridized carbons (Fsp3) is 0.968. The summed E-state index contributed by atoms with van der Waals surface area (Å²) < 4.78 is 5.04. The van der Waals surface area contributed by atoms with Gasteiger partial charge in [-0.15, -0.1) is 0 Å². The molecule has 194 valence electrons. The number of esters is 1. The van der Waals surface area contributed by atoms with Crippen molar-refractivity contribution in [2.24, 2.45) is 56.7 Å². The maximum Gasteiger partial charge on any atom is 0.337 e. The fourth-order valence-electron chi connectivity index (χ4n) is 12.3. The smallest absolute Gasteiger partial charge is 0.337 e. The van der Waals surface area contributed by atoms with Crippen molar-refractivity contribution in [1.29, 1.82) is 0 Å². The number of fused-ring (bicyclic) bond motifs is 7. The lowest BCUT2D eigenvalue weighted by Gasteiger charge is -2.73. The Balaban J connectivity index is 1.49. The minimum absolute atomic E-state index is 0.0208. The fourth-order valence-corrected chi connectivity index (χ4v) is 12.3. The summed E-state index contributed by atoms with van der Waals surface area (Å²) in [5.74, 6) is 2.37. The third kappa shape index (κ3) is 2.94. The monoisotopic (exact) mass is 472 g/mol. The minimum atomic E-state index is -1.37. The van der Waals surface area contributed by atoms with Crippen LogP contribution in [0, 0.1) is 56.7 Å². The highest BCUT2D eigenvalue weighted by molar-refractivity contribution is 5.79. The van der Waals surface area contributed by atoms with Crippen molar-refractivity contribution >= 4 is 5.97 Å². The van der Waals surface area contributed by atoms with Crippen molar-refractivity contribution in [2.75, 3.05) is 7.11 Å². The molecule has 3 nitrogen and oxygen atoms in total. The lowest BCUT2D eigenvalue weighted by Crippen LogP contribution is -2.66. The minimum Gasteiger partial charge on any atom is -0.467 e. The van der Waals surface area contributed by atoms with E-state index in [1.807, 2.05) is 0 Å². The molecule has 0 aromatic heterocycles. The second-order valence-electron chi connectivity index (χ2n) is 15.4. The van der Waals surface area contributed by atoms with Crippen LogP contribution in [0.15, 0.2) is 0 Å². The summed E-state index contributed by atoms with van der Waals surface area (Å²) in [6.45, 7) is 17.4. The molecule has 0 saturated heterocycles. The summed E-state index contributed by atoms with van der Waals surface area (Å²) in [5.41, 5.74) is 0.549. The molecule has 0 aromatic rings. The molecule has 5 aliphatic carbocycles. The van der Waals surface area contributed by atoms with E-state index in [1.54, 1.807) is 6.92 Å². The Morgan fingerprint density at radius 1 is 0.765 bits per heavy atom. The molecule has 1 N–H and O–H groups in total. The summed E-state index contributed by atoms with van der Waals surface area (Å²) in [7, 11) is 1.41. The molecule has 5 rings (SSSR count). The van der Waals surface area contributed by atoms with Gasteiger partial charge in [0.1, 0.15) is 0 Å². The van der Waals surface area contributed by atoms with Crippen LogP contribution in [0.5, 0.6) is 0 Å². The number of methoxy groups -OCH3 is 1. The van der Waals surface area contributed by atoms with Gasteiger partial charge in [0, 0.05) is 5.92 Å². The van der Waals surface area contributed by atoms with E-state index in [4.69, 9.17) is 4.74 Å². The van der Waals surface area contributed by atoms with Crippen LogP contribution in [0.1, 0.15) is 119 Å². The summed E-state index contributed by atoms with van der Waals surface area (Å²) in [6, 6.07) is 0. The van der Waals surface area contributed by atoms with Crippen LogP contribution in [-0.2, 0) is 9.53 Å². The van der Waals surface area contributed by atoms with E-state index >= 15 is 0 Å². The highest BCUT2D eigenvalue weighted by Gasteiger charge is 2.71. The summed E-state index contributed by atoms with van der Waals surface area (Å²) in [4.78, 5) is 12.5. The predicted octanol–water partition coefficient (Wildman–Crippen LogP) is 7.40. The third-order valence-electron chi connectivity index (χ3n) is 14.0. The van der Waals surface area contributed by atoms with E-state index in [-0.39, 0.29) is 11.3 Å². The zero-order chi connectivity index (χ0) is 24.9. The first-order chi connectivity index (χ1) is 15.7. The van der Waals surface area contributed by atoms with E-state index in [9.17, 15) is 9.90 Å². The Kier molecular flexibility index (Phi) is 5.52. The molecule has 5 fully saturated rings. The molecule has 0 spiro atoms. The Bertz CT molecular complexity index is 846. The van der Waals surface area contributed by atoms with Crippen LogP contribution in [0.2, 0.25) is 0 Å². The number of hydrogen-bond donors (Lipinski definition) is 1. The number of aliphatic hydroxyl groups is 1. The molecular weight excluding hydrogens is 420 g/mol. The van der Waals surface area contributed by atoms with Gasteiger partial charge in [0.2, 0.25) is 0 Å². The average Bonchev–Trinajstić information content (AvgIpc) is 3.10. The molecular formula is C31H52O3. The quantitative estimate of drug-likeness (QED) is 0.426. The van der Waals surface area contributed by atoms with Gasteiger partial charge in [-0.25, -0.2) is 4.79 Å². The van der Waals surface area contributed by atoms with Gasteiger partial charge in [-0.2, -0.15) is 0 Å². The maximum atomic E-state index is 12.5. The largest absolute Gasteiger partial charge is 0.467 e. The molecule has 0 unspecified atom stereocenters.